The quantitative estimate of drug-likeness (QED) is 0.817. The highest BCUT2D eigenvalue weighted by atomic mass is 32.2. The van der Waals surface area contributed by atoms with E-state index in [1.165, 1.54) is 18.2 Å². The molecule has 24 heavy (non-hydrogen) atoms. The van der Waals surface area contributed by atoms with Gasteiger partial charge in [0.1, 0.15) is 11.3 Å². The summed E-state index contributed by atoms with van der Waals surface area (Å²) < 4.78 is 63.9. The fourth-order valence-electron chi connectivity index (χ4n) is 1.94. The van der Waals surface area contributed by atoms with Crippen molar-refractivity contribution in [1.29, 1.82) is 0 Å². The predicted molar refractivity (Wildman–Crippen MR) is 77.2 cm³/mol. The van der Waals surface area contributed by atoms with Gasteiger partial charge in [0.25, 0.3) is 10.0 Å². The van der Waals surface area contributed by atoms with Gasteiger partial charge < -0.3 is 10.2 Å². The topological polar surface area (TPSA) is 94.9 Å². The molecule has 0 spiro atoms. The van der Waals surface area contributed by atoms with Crippen molar-refractivity contribution in [3.63, 3.8) is 0 Å². The van der Waals surface area contributed by atoms with E-state index in [-0.39, 0.29) is 0 Å². The van der Waals surface area contributed by atoms with Crippen LogP contribution in [0.25, 0.3) is 0 Å². The van der Waals surface area contributed by atoms with Crippen LogP contribution in [0.1, 0.15) is 10.4 Å². The second-order valence-corrected chi connectivity index (χ2v) is 6.34. The number of benzene rings is 2. The van der Waals surface area contributed by atoms with E-state index < -0.39 is 48.5 Å². The highest BCUT2D eigenvalue weighted by Crippen LogP contribution is 2.36. The molecule has 10 heteroatoms. The van der Waals surface area contributed by atoms with Gasteiger partial charge in [-0.05, 0) is 30.3 Å². The van der Waals surface area contributed by atoms with Gasteiger partial charge in [-0.3, -0.25) is 0 Å². The smallest absolute Gasteiger partial charge is 0.498 e. The molecule has 0 heterocycles. The Labute approximate surface area is 134 Å². The number of phenols is 1. The number of rotatable bonds is 4. The molecule has 0 aliphatic heterocycles. The molecule has 2 rings (SSSR count). The van der Waals surface area contributed by atoms with Gasteiger partial charge in [-0.2, -0.15) is 4.31 Å². The largest absolute Gasteiger partial charge is 0.507 e. The van der Waals surface area contributed by atoms with Crippen LogP contribution in [0, 0.1) is 0 Å². The average molecular weight is 361 g/mol. The van der Waals surface area contributed by atoms with Crippen LogP contribution in [-0.4, -0.2) is 30.9 Å². The molecule has 6 nitrogen and oxygen atoms in total. The van der Waals surface area contributed by atoms with Crippen molar-refractivity contribution in [2.45, 2.75) is 11.2 Å². The van der Waals surface area contributed by atoms with Crippen LogP contribution in [0.5, 0.6) is 5.75 Å². The summed E-state index contributed by atoms with van der Waals surface area (Å²) in [6, 6.07) is 7.67. The van der Waals surface area contributed by atoms with E-state index in [2.05, 4.69) is 0 Å². The van der Waals surface area contributed by atoms with Gasteiger partial charge in [0.05, 0.1) is 10.6 Å². The molecule has 0 aromatic heterocycles. The number of nitrogens with zero attached hydrogens (tertiary/aromatic N) is 1. The van der Waals surface area contributed by atoms with Crippen molar-refractivity contribution >= 4 is 21.7 Å². The Bertz CT molecular complexity index is 866. The van der Waals surface area contributed by atoms with Crippen molar-refractivity contribution in [2.24, 2.45) is 0 Å². The molecule has 2 N–H and O–H groups in total. The maximum atomic E-state index is 13.4. The highest BCUT2D eigenvalue weighted by Gasteiger charge is 2.46. The molecule has 0 amide bonds. The number of carboxylic acid groups (broad SMARTS) is 1. The maximum Gasteiger partial charge on any atom is 0.498 e. The standard InChI is InChI=1S/C14H10F3NO5S/c15-14(16,17)18(24(22,23)10-4-2-1-3-5-10)9-6-7-12(19)11(8-9)13(20)21/h1-8,19H,(H,20,21). The van der Waals surface area contributed by atoms with Crippen LogP contribution >= 0.6 is 0 Å². The summed E-state index contributed by atoms with van der Waals surface area (Å²) >= 11 is 0. The van der Waals surface area contributed by atoms with E-state index in [0.29, 0.717) is 18.2 Å². The van der Waals surface area contributed by atoms with Gasteiger partial charge in [-0.25, -0.2) is 13.2 Å². The van der Waals surface area contributed by atoms with E-state index >= 15 is 0 Å². The summed E-state index contributed by atoms with van der Waals surface area (Å²) in [6.07, 6.45) is -5.35. The summed E-state index contributed by atoms with van der Waals surface area (Å²) in [4.78, 5) is 10.3. The van der Waals surface area contributed by atoms with Gasteiger partial charge in [0.15, 0.2) is 0 Å². The monoisotopic (exact) mass is 361 g/mol. The van der Waals surface area contributed by atoms with E-state index in [4.69, 9.17) is 5.11 Å². The van der Waals surface area contributed by atoms with Gasteiger partial charge >= 0.3 is 12.3 Å². The number of halogens is 3. The van der Waals surface area contributed by atoms with Crippen molar-refractivity contribution in [2.75, 3.05) is 4.31 Å². The average Bonchev–Trinajstić information content (AvgIpc) is 2.48. The molecule has 2 aromatic carbocycles. The first-order valence-electron chi connectivity index (χ1n) is 6.28. The van der Waals surface area contributed by atoms with Crippen molar-refractivity contribution in [3.05, 3.63) is 54.1 Å². The zero-order valence-electron chi connectivity index (χ0n) is 11.7. The molecule has 2 aromatic rings. The SMILES string of the molecule is O=C(O)c1cc(N(C(F)(F)F)S(=O)(=O)c2ccccc2)ccc1O. The van der Waals surface area contributed by atoms with E-state index in [9.17, 15) is 31.5 Å². The fraction of sp³-hybridized carbons (Fsp3) is 0.0714. The first-order valence-corrected chi connectivity index (χ1v) is 7.72. The minimum Gasteiger partial charge on any atom is -0.507 e. The molecule has 0 aliphatic carbocycles. The van der Waals surface area contributed by atoms with Crippen LogP contribution in [0.2, 0.25) is 0 Å². The first-order chi connectivity index (χ1) is 11.0. The predicted octanol–water partition coefficient (Wildman–Crippen LogP) is 2.81. The molecule has 0 unspecified atom stereocenters. The van der Waals surface area contributed by atoms with E-state index in [1.807, 2.05) is 0 Å². The zero-order valence-corrected chi connectivity index (χ0v) is 12.5. The van der Waals surface area contributed by atoms with Gasteiger partial charge in [0.2, 0.25) is 0 Å². The van der Waals surface area contributed by atoms with Gasteiger partial charge in [-0.1, -0.05) is 18.2 Å². The lowest BCUT2D eigenvalue weighted by Crippen LogP contribution is -2.43. The van der Waals surface area contributed by atoms with Crippen molar-refractivity contribution < 1.29 is 36.6 Å². The number of alkyl halides is 3. The molecule has 0 atom stereocenters. The third-order valence-corrected chi connectivity index (χ3v) is 4.72. The second-order valence-electron chi connectivity index (χ2n) is 4.56. The number of carboxylic acids is 1. The molecule has 0 saturated heterocycles. The lowest BCUT2D eigenvalue weighted by molar-refractivity contribution is -0.115. The third-order valence-electron chi connectivity index (χ3n) is 2.96. The van der Waals surface area contributed by atoms with Gasteiger partial charge in [-0.15, -0.1) is 13.2 Å². The second kappa shape index (κ2) is 6.04. The summed E-state index contributed by atoms with van der Waals surface area (Å²) in [5, 5.41) is 18.3. The Kier molecular flexibility index (Phi) is 4.43. The molecule has 0 fully saturated rings. The number of hydrogen-bond acceptors (Lipinski definition) is 4. The summed E-state index contributed by atoms with van der Waals surface area (Å²) in [5.74, 6) is -2.49. The zero-order chi connectivity index (χ0) is 18.1. The van der Waals surface area contributed by atoms with Crippen molar-refractivity contribution in [3.8, 4) is 5.75 Å². The molecule has 128 valence electrons. The summed E-state index contributed by atoms with van der Waals surface area (Å²) in [7, 11) is -5.03. The number of aromatic carboxylic acids is 1. The Hall–Kier alpha value is -2.75. The number of hydrogen-bond donors (Lipinski definition) is 2. The number of carbonyl (C=O) groups is 1. The Morgan fingerprint density at radius 3 is 2.12 bits per heavy atom. The molecular weight excluding hydrogens is 351 g/mol. The highest BCUT2D eigenvalue weighted by molar-refractivity contribution is 7.92. The minimum absolute atomic E-state index is 0.436. The number of anilines is 1. The summed E-state index contributed by atoms with van der Waals surface area (Å²) in [5.41, 5.74) is -1.81. The fourth-order valence-corrected chi connectivity index (χ4v) is 3.32. The minimum atomic E-state index is -5.35. The lowest BCUT2D eigenvalue weighted by atomic mass is 10.2. The van der Waals surface area contributed by atoms with Crippen LogP contribution < -0.4 is 4.31 Å². The lowest BCUT2D eigenvalue weighted by Gasteiger charge is -2.26. The summed E-state index contributed by atoms with van der Waals surface area (Å²) in [6.45, 7) is 0. The molecule has 0 saturated carbocycles. The number of sulfonamides is 1. The maximum absolute atomic E-state index is 13.4. The first kappa shape index (κ1) is 17.6. The van der Waals surface area contributed by atoms with Crippen molar-refractivity contribution in [1.82, 2.24) is 0 Å². The van der Waals surface area contributed by atoms with E-state index in [0.717, 1.165) is 12.1 Å². The normalized spacial score (nSPS) is 12.0. The Morgan fingerprint density at radius 1 is 1.04 bits per heavy atom. The van der Waals surface area contributed by atoms with Gasteiger partial charge in [0, 0.05) is 0 Å². The van der Waals surface area contributed by atoms with Crippen LogP contribution in [0.15, 0.2) is 53.4 Å². The number of aromatic hydroxyl groups is 1. The van der Waals surface area contributed by atoms with E-state index in [1.54, 1.807) is 0 Å². The molecular formula is C14H10F3NO5S. The Morgan fingerprint density at radius 2 is 1.62 bits per heavy atom. The molecule has 0 radical (unpaired) electrons. The Balaban J connectivity index is 2.68. The van der Waals surface area contributed by atoms with Crippen LogP contribution in [-0.2, 0) is 10.0 Å². The van der Waals surface area contributed by atoms with Crippen LogP contribution in [0.4, 0.5) is 18.9 Å². The third kappa shape index (κ3) is 3.27. The molecule has 0 aliphatic rings. The molecule has 0 bridgehead atoms. The van der Waals surface area contributed by atoms with Crippen LogP contribution in [0.3, 0.4) is 0 Å².